The average molecular weight is 298 g/mol. The molecule has 3 nitrogen and oxygen atoms in total. The number of hydrogen-bond donors (Lipinski definition) is 1. The fourth-order valence-corrected chi connectivity index (χ4v) is 2.59. The van der Waals surface area contributed by atoms with Crippen molar-refractivity contribution < 1.29 is 14.3 Å². The van der Waals surface area contributed by atoms with Crippen molar-refractivity contribution in [3.63, 3.8) is 0 Å². The zero-order chi connectivity index (χ0) is 13.8. The molecule has 98 valence electrons. The molecule has 0 fully saturated rings. The lowest BCUT2D eigenvalue weighted by Crippen LogP contribution is -1.97. The molecule has 1 N–H and O–H groups in total. The summed E-state index contributed by atoms with van der Waals surface area (Å²) in [6, 6.07) is 7.49. The van der Waals surface area contributed by atoms with Gasteiger partial charge in [-0.3, -0.25) is 0 Å². The summed E-state index contributed by atoms with van der Waals surface area (Å²) < 4.78 is 13.2. The average Bonchev–Trinajstić information content (AvgIpc) is 2.41. The highest BCUT2D eigenvalue weighted by Gasteiger charge is 2.08. The Bertz CT molecular complexity index is 621. The van der Waals surface area contributed by atoms with Crippen LogP contribution in [0.2, 0.25) is 5.02 Å². The standard InChI is InChI=1S/C13H9ClFNO2S/c14-12-9(2-1-3-10(12)15)7-19-11-6-8(13(17)18)4-5-16-11/h1-6H,7H2,(H,17,18). The highest BCUT2D eigenvalue weighted by Crippen LogP contribution is 2.27. The number of hydrogen-bond acceptors (Lipinski definition) is 3. The summed E-state index contributed by atoms with van der Waals surface area (Å²) in [4.78, 5) is 14.9. The van der Waals surface area contributed by atoms with Gasteiger partial charge in [-0.25, -0.2) is 14.2 Å². The van der Waals surface area contributed by atoms with E-state index in [4.69, 9.17) is 16.7 Å². The second kappa shape index (κ2) is 6.04. The fraction of sp³-hybridized carbons (Fsp3) is 0.0769. The van der Waals surface area contributed by atoms with Crippen molar-refractivity contribution >= 4 is 29.3 Å². The van der Waals surface area contributed by atoms with E-state index in [1.165, 1.54) is 36.2 Å². The molecular formula is C13H9ClFNO2S. The number of carboxylic acids is 1. The van der Waals surface area contributed by atoms with Crippen LogP contribution in [0.15, 0.2) is 41.6 Å². The molecule has 0 aliphatic carbocycles. The van der Waals surface area contributed by atoms with E-state index in [0.717, 1.165) is 0 Å². The third kappa shape index (κ3) is 3.45. The van der Waals surface area contributed by atoms with Crippen molar-refractivity contribution in [1.29, 1.82) is 0 Å². The molecule has 0 amide bonds. The molecule has 0 saturated carbocycles. The molecule has 0 bridgehead atoms. The van der Waals surface area contributed by atoms with Crippen LogP contribution in [0.1, 0.15) is 15.9 Å². The molecule has 2 rings (SSSR count). The first-order valence-corrected chi connectivity index (χ1v) is 6.69. The van der Waals surface area contributed by atoms with Gasteiger partial charge in [-0.05, 0) is 23.8 Å². The van der Waals surface area contributed by atoms with Gasteiger partial charge in [0.1, 0.15) is 5.82 Å². The molecule has 0 aliphatic heterocycles. The third-order valence-electron chi connectivity index (χ3n) is 2.39. The number of pyridine rings is 1. The van der Waals surface area contributed by atoms with Crippen LogP contribution in [0, 0.1) is 5.82 Å². The largest absolute Gasteiger partial charge is 0.478 e. The van der Waals surface area contributed by atoms with Crippen molar-refractivity contribution in [2.24, 2.45) is 0 Å². The van der Waals surface area contributed by atoms with E-state index < -0.39 is 11.8 Å². The first-order valence-electron chi connectivity index (χ1n) is 5.33. The van der Waals surface area contributed by atoms with Crippen LogP contribution in [0.25, 0.3) is 0 Å². The monoisotopic (exact) mass is 297 g/mol. The topological polar surface area (TPSA) is 50.2 Å². The van der Waals surface area contributed by atoms with Crippen molar-refractivity contribution in [3.8, 4) is 0 Å². The SMILES string of the molecule is O=C(O)c1ccnc(SCc2cccc(F)c2Cl)c1. The van der Waals surface area contributed by atoms with Crippen molar-refractivity contribution in [2.75, 3.05) is 0 Å². The van der Waals surface area contributed by atoms with Gasteiger partial charge in [0.05, 0.1) is 15.6 Å². The van der Waals surface area contributed by atoms with Gasteiger partial charge in [-0.15, -0.1) is 11.8 Å². The van der Waals surface area contributed by atoms with Crippen molar-refractivity contribution in [3.05, 3.63) is 58.5 Å². The highest BCUT2D eigenvalue weighted by atomic mass is 35.5. The van der Waals surface area contributed by atoms with E-state index in [1.807, 2.05) is 0 Å². The summed E-state index contributed by atoms with van der Waals surface area (Å²) >= 11 is 7.14. The van der Waals surface area contributed by atoms with Gasteiger partial charge in [-0.2, -0.15) is 0 Å². The Hall–Kier alpha value is -1.59. The number of thioether (sulfide) groups is 1. The van der Waals surface area contributed by atoms with Crippen LogP contribution in [-0.2, 0) is 5.75 Å². The van der Waals surface area contributed by atoms with Crippen LogP contribution in [-0.4, -0.2) is 16.1 Å². The molecule has 19 heavy (non-hydrogen) atoms. The summed E-state index contributed by atoms with van der Waals surface area (Å²) in [5.41, 5.74) is 0.817. The Kier molecular flexibility index (Phi) is 4.39. The number of aromatic nitrogens is 1. The van der Waals surface area contributed by atoms with E-state index in [2.05, 4.69) is 4.98 Å². The number of carboxylic acid groups (broad SMARTS) is 1. The maximum Gasteiger partial charge on any atom is 0.335 e. The molecule has 0 unspecified atom stereocenters. The van der Waals surface area contributed by atoms with Gasteiger partial charge < -0.3 is 5.11 Å². The Morgan fingerprint density at radius 2 is 2.21 bits per heavy atom. The predicted molar refractivity (Wildman–Crippen MR) is 72.2 cm³/mol. The van der Waals surface area contributed by atoms with E-state index in [9.17, 15) is 9.18 Å². The van der Waals surface area contributed by atoms with Gasteiger partial charge in [0.2, 0.25) is 0 Å². The van der Waals surface area contributed by atoms with Crippen LogP contribution >= 0.6 is 23.4 Å². The number of halogens is 2. The third-order valence-corrected chi connectivity index (χ3v) is 3.79. The Morgan fingerprint density at radius 3 is 2.95 bits per heavy atom. The number of nitrogens with zero attached hydrogens (tertiary/aromatic N) is 1. The zero-order valence-corrected chi connectivity index (χ0v) is 11.2. The minimum atomic E-state index is -1.01. The molecule has 0 radical (unpaired) electrons. The van der Waals surface area contributed by atoms with E-state index in [0.29, 0.717) is 16.3 Å². The predicted octanol–water partition coefficient (Wildman–Crippen LogP) is 3.86. The molecular weight excluding hydrogens is 289 g/mol. The first-order chi connectivity index (χ1) is 9.08. The zero-order valence-electron chi connectivity index (χ0n) is 9.64. The summed E-state index contributed by atoms with van der Waals surface area (Å²) in [6.07, 6.45) is 1.43. The van der Waals surface area contributed by atoms with Crippen LogP contribution in [0.4, 0.5) is 4.39 Å². The summed E-state index contributed by atoms with van der Waals surface area (Å²) in [7, 11) is 0. The summed E-state index contributed by atoms with van der Waals surface area (Å²) in [6.45, 7) is 0. The quantitative estimate of drug-likeness (QED) is 0.871. The smallest absolute Gasteiger partial charge is 0.335 e. The van der Waals surface area contributed by atoms with Crippen LogP contribution in [0.3, 0.4) is 0 Å². The Labute approximate surface area is 118 Å². The highest BCUT2D eigenvalue weighted by molar-refractivity contribution is 7.98. The molecule has 1 aromatic heterocycles. The first kappa shape index (κ1) is 13.8. The Morgan fingerprint density at radius 1 is 1.42 bits per heavy atom. The van der Waals surface area contributed by atoms with Crippen molar-refractivity contribution in [1.82, 2.24) is 4.98 Å². The van der Waals surface area contributed by atoms with Gasteiger partial charge in [-0.1, -0.05) is 23.7 Å². The number of aromatic carboxylic acids is 1. The summed E-state index contributed by atoms with van der Waals surface area (Å²) in [5.74, 6) is -1.05. The maximum absolute atomic E-state index is 13.2. The molecule has 0 saturated heterocycles. The van der Waals surface area contributed by atoms with Crippen molar-refractivity contribution in [2.45, 2.75) is 10.8 Å². The van der Waals surface area contributed by atoms with E-state index in [1.54, 1.807) is 12.1 Å². The number of benzene rings is 1. The normalized spacial score (nSPS) is 10.4. The van der Waals surface area contributed by atoms with Gasteiger partial charge in [0, 0.05) is 11.9 Å². The lowest BCUT2D eigenvalue weighted by molar-refractivity contribution is 0.0696. The van der Waals surface area contributed by atoms with Gasteiger partial charge in [0.15, 0.2) is 0 Å². The number of rotatable bonds is 4. The lowest BCUT2D eigenvalue weighted by atomic mass is 10.2. The molecule has 0 spiro atoms. The summed E-state index contributed by atoms with van der Waals surface area (Å²) in [5, 5.41) is 9.51. The molecule has 1 heterocycles. The van der Waals surface area contributed by atoms with Crippen LogP contribution in [0.5, 0.6) is 0 Å². The minimum Gasteiger partial charge on any atom is -0.478 e. The van der Waals surface area contributed by atoms with Gasteiger partial charge >= 0.3 is 5.97 Å². The Balaban J connectivity index is 2.12. The van der Waals surface area contributed by atoms with E-state index in [-0.39, 0.29) is 10.6 Å². The molecule has 0 atom stereocenters. The fourth-order valence-electron chi connectivity index (χ4n) is 1.43. The molecule has 0 aliphatic rings. The van der Waals surface area contributed by atoms with Gasteiger partial charge in [0.25, 0.3) is 0 Å². The maximum atomic E-state index is 13.2. The number of carbonyl (C=O) groups is 1. The van der Waals surface area contributed by atoms with E-state index >= 15 is 0 Å². The molecule has 6 heteroatoms. The second-order valence-electron chi connectivity index (χ2n) is 3.69. The second-order valence-corrected chi connectivity index (χ2v) is 5.06. The molecule has 1 aromatic carbocycles. The molecule has 2 aromatic rings. The lowest BCUT2D eigenvalue weighted by Gasteiger charge is -2.05. The van der Waals surface area contributed by atoms with Crippen LogP contribution < -0.4 is 0 Å². The minimum absolute atomic E-state index is 0.0874.